The van der Waals surface area contributed by atoms with E-state index in [9.17, 15) is 4.79 Å². The molecule has 0 fully saturated rings. The molecule has 0 aliphatic heterocycles. The Morgan fingerprint density at radius 3 is 2.57 bits per heavy atom. The first-order valence-corrected chi connectivity index (χ1v) is 5.92. The molecule has 0 spiro atoms. The Bertz CT molecular complexity index is 755. The van der Waals surface area contributed by atoms with Crippen LogP contribution in [-0.2, 0) is 0 Å². The number of hydrogen-bond donors (Lipinski definition) is 1. The molecule has 3 rings (SSSR count). The third-order valence-electron chi connectivity index (χ3n) is 2.53. The number of benzene rings is 1. The van der Waals surface area contributed by atoms with E-state index in [1.54, 1.807) is 4.68 Å². The van der Waals surface area contributed by atoms with E-state index in [0.717, 1.165) is 11.9 Å². The lowest BCUT2D eigenvalue weighted by atomic mass is 10.3. The summed E-state index contributed by atoms with van der Waals surface area (Å²) in [7, 11) is 0. The molecule has 0 saturated carbocycles. The first-order chi connectivity index (χ1) is 10.2. The van der Waals surface area contributed by atoms with Gasteiger partial charge in [0.15, 0.2) is 5.69 Å². The predicted octanol–water partition coefficient (Wildman–Crippen LogP) is 1.55. The van der Waals surface area contributed by atoms with Crippen molar-refractivity contribution in [3.8, 4) is 17.6 Å². The van der Waals surface area contributed by atoms with Crippen LogP contribution < -0.4 is 4.74 Å². The molecule has 8 nitrogen and oxygen atoms in total. The molecular formula is C13H9N5O3. The standard InChI is InChI=1S/C13H9N5O3/c19-12(20)10-6-15-11(7-14-10)21-13-16-8-18(17-13)9-4-2-1-3-5-9/h1-8H,(H,19,20). The predicted molar refractivity (Wildman–Crippen MR) is 70.4 cm³/mol. The number of rotatable bonds is 4. The Morgan fingerprint density at radius 1 is 1.10 bits per heavy atom. The molecule has 21 heavy (non-hydrogen) atoms. The zero-order chi connectivity index (χ0) is 14.7. The van der Waals surface area contributed by atoms with Crippen LogP contribution in [0.1, 0.15) is 10.5 Å². The van der Waals surface area contributed by atoms with E-state index >= 15 is 0 Å². The number of aromatic carboxylic acids is 1. The van der Waals surface area contributed by atoms with Crippen LogP contribution in [-0.4, -0.2) is 35.8 Å². The molecule has 0 aliphatic carbocycles. The largest absolute Gasteiger partial charge is 0.476 e. The van der Waals surface area contributed by atoms with E-state index in [1.165, 1.54) is 12.5 Å². The molecule has 104 valence electrons. The van der Waals surface area contributed by atoms with Crippen LogP contribution in [0.5, 0.6) is 11.9 Å². The summed E-state index contributed by atoms with van der Waals surface area (Å²) in [6, 6.07) is 9.51. The van der Waals surface area contributed by atoms with Gasteiger partial charge >= 0.3 is 12.0 Å². The minimum absolute atomic E-state index is 0.0937. The fraction of sp³-hybridized carbons (Fsp3) is 0. The van der Waals surface area contributed by atoms with Gasteiger partial charge in [0.25, 0.3) is 0 Å². The molecule has 2 heterocycles. The third-order valence-corrected chi connectivity index (χ3v) is 2.53. The fourth-order valence-corrected chi connectivity index (χ4v) is 1.57. The summed E-state index contributed by atoms with van der Waals surface area (Å²) in [5.41, 5.74) is 0.678. The summed E-state index contributed by atoms with van der Waals surface area (Å²) in [5, 5.41) is 12.9. The van der Waals surface area contributed by atoms with Gasteiger partial charge in [0.1, 0.15) is 6.33 Å². The summed E-state index contributed by atoms with van der Waals surface area (Å²) in [5.74, 6) is -1.04. The van der Waals surface area contributed by atoms with Gasteiger partial charge in [-0.05, 0) is 12.1 Å². The summed E-state index contributed by atoms with van der Waals surface area (Å²) in [6.45, 7) is 0. The summed E-state index contributed by atoms with van der Waals surface area (Å²) < 4.78 is 6.86. The average molecular weight is 283 g/mol. The first-order valence-electron chi connectivity index (χ1n) is 5.92. The molecule has 0 unspecified atom stereocenters. The van der Waals surface area contributed by atoms with Crippen LogP contribution in [0.15, 0.2) is 49.1 Å². The van der Waals surface area contributed by atoms with Crippen molar-refractivity contribution in [3.05, 3.63) is 54.7 Å². The summed E-state index contributed by atoms with van der Waals surface area (Å²) in [6.07, 6.45) is 3.81. The van der Waals surface area contributed by atoms with Gasteiger partial charge in [0.05, 0.1) is 18.1 Å². The van der Waals surface area contributed by atoms with Crippen LogP contribution in [0.4, 0.5) is 0 Å². The van der Waals surface area contributed by atoms with Crippen LogP contribution in [0, 0.1) is 0 Å². The number of carbonyl (C=O) groups is 1. The molecular weight excluding hydrogens is 274 g/mol. The second-order valence-corrected chi connectivity index (χ2v) is 3.95. The second kappa shape index (κ2) is 5.37. The average Bonchev–Trinajstić information content (AvgIpc) is 2.97. The van der Waals surface area contributed by atoms with Crippen molar-refractivity contribution in [3.63, 3.8) is 0 Å². The molecule has 0 radical (unpaired) electrons. The minimum Gasteiger partial charge on any atom is -0.476 e. The molecule has 8 heteroatoms. The van der Waals surface area contributed by atoms with Crippen molar-refractivity contribution in [1.82, 2.24) is 24.7 Å². The maximum atomic E-state index is 10.7. The molecule has 0 atom stereocenters. The van der Waals surface area contributed by atoms with Gasteiger partial charge in [-0.25, -0.2) is 19.4 Å². The molecule has 0 saturated heterocycles. The van der Waals surface area contributed by atoms with Gasteiger partial charge in [-0.15, -0.1) is 5.10 Å². The smallest absolute Gasteiger partial charge is 0.356 e. The molecule has 0 bridgehead atoms. The van der Waals surface area contributed by atoms with E-state index in [-0.39, 0.29) is 17.6 Å². The second-order valence-electron chi connectivity index (χ2n) is 3.95. The normalized spacial score (nSPS) is 10.3. The van der Waals surface area contributed by atoms with Crippen LogP contribution in [0.2, 0.25) is 0 Å². The van der Waals surface area contributed by atoms with E-state index in [4.69, 9.17) is 9.84 Å². The fourth-order valence-electron chi connectivity index (χ4n) is 1.57. The van der Waals surface area contributed by atoms with Crippen LogP contribution >= 0.6 is 0 Å². The maximum Gasteiger partial charge on any atom is 0.356 e. The zero-order valence-electron chi connectivity index (χ0n) is 10.6. The van der Waals surface area contributed by atoms with E-state index < -0.39 is 5.97 Å². The lowest BCUT2D eigenvalue weighted by molar-refractivity contribution is 0.0690. The highest BCUT2D eigenvalue weighted by Crippen LogP contribution is 2.14. The Balaban J connectivity index is 1.77. The lowest BCUT2D eigenvalue weighted by Crippen LogP contribution is -2.01. The molecule has 2 aromatic heterocycles. The molecule has 0 aliphatic rings. The van der Waals surface area contributed by atoms with Crippen molar-refractivity contribution < 1.29 is 14.6 Å². The number of ether oxygens (including phenoxy) is 1. The van der Waals surface area contributed by atoms with Crippen molar-refractivity contribution in [2.75, 3.05) is 0 Å². The number of para-hydroxylation sites is 1. The molecule has 0 amide bonds. The Morgan fingerprint density at radius 2 is 1.90 bits per heavy atom. The number of nitrogens with zero attached hydrogens (tertiary/aromatic N) is 5. The van der Waals surface area contributed by atoms with Crippen molar-refractivity contribution in [2.24, 2.45) is 0 Å². The Kier molecular flexibility index (Phi) is 3.26. The lowest BCUT2D eigenvalue weighted by Gasteiger charge is -2.00. The molecule has 3 aromatic rings. The molecule has 1 N–H and O–H groups in total. The van der Waals surface area contributed by atoms with Crippen LogP contribution in [0.25, 0.3) is 5.69 Å². The minimum atomic E-state index is -1.15. The maximum absolute atomic E-state index is 10.7. The summed E-state index contributed by atoms with van der Waals surface area (Å²) >= 11 is 0. The van der Waals surface area contributed by atoms with Gasteiger partial charge < -0.3 is 9.84 Å². The Hall–Kier alpha value is -3.29. The van der Waals surface area contributed by atoms with Crippen LogP contribution in [0.3, 0.4) is 0 Å². The van der Waals surface area contributed by atoms with Crippen molar-refractivity contribution in [1.29, 1.82) is 0 Å². The van der Waals surface area contributed by atoms with Crippen molar-refractivity contribution >= 4 is 5.97 Å². The van der Waals surface area contributed by atoms with Gasteiger partial charge in [0, 0.05) is 0 Å². The SMILES string of the molecule is O=C(O)c1cnc(Oc2ncn(-c3ccccc3)n2)cn1. The van der Waals surface area contributed by atoms with Gasteiger partial charge in [-0.2, -0.15) is 4.98 Å². The molecule has 1 aromatic carbocycles. The number of carboxylic acid groups (broad SMARTS) is 1. The van der Waals surface area contributed by atoms with Gasteiger partial charge in [-0.1, -0.05) is 18.2 Å². The van der Waals surface area contributed by atoms with Gasteiger partial charge in [0.2, 0.25) is 5.88 Å². The highest BCUT2D eigenvalue weighted by molar-refractivity contribution is 5.84. The first kappa shape index (κ1) is 12.7. The number of aromatic nitrogens is 5. The quantitative estimate of drug-likeness (QED) is 0.774. The summed E-state index contributed by atoms with van der Waals surface area (Å²) in [4.78, 5) is 22.2. The van der Waals surface area contributed by atoms with Crippen molar-refractivity contribution in [2.45, 2.75) is 0 Å². The monoisotopic (exact) mass is 283 g/mol. The zero-order valence-corrected chi connectivity index (χ0v) is 10.6. The van der Waals surface area contributed by atoms with E-state index in [1.807, 2.05) is 30.3 Å². The van der Waals surface area contributed by atoms with E-state index in [0.29, 0.717) is 0 Å². The van der Waals surface area contributed by atoms with E-state index in [2.05, 4.69) is 20.1 Å². The Labute approximate surface area is 118 Å². The highest BCUT2D eigenvalue weighted by Gasteiger charge is 2.08. The van der Waals surface area contributed by atoms with Gasteiger partial charge in [-0.3, -0.25) is 0 Å². The number of hydrogen-bond acceptors (Lipinski definition) is 6. The number of carboxylic acids is 1. The topological polar surface area (TPSA) is 103 Å². The third kappa shape index (κ3) is 2.84. The highest BCUT2D eigenvalue weighted by atomic mass is 16.5.